The first-order valence-corrected chi connectivity index (χ1v) is 4.75. The van der Waals surface area contributed by atoms with Gasteiger partial charge < -0.3 is 5.11 Å². The van der Waals surface area contributed by atoms with Crippen LogP contribution in [0.5, 0.6) is 5.75 Å². The molecule has 12 heavy (non-hydrogen) atoms. The van der Waals surface area contributed by atoms with Crippen molar-refractivity contribution < 1.29 is 5.11 Å². The minimum absolute atomic E-state index is 0.234. The quantitative estimate of drug-likeness (QED) is 0.671. The van der Waals surface area contributed by atoms with Crippen LogP contribution in [0.2, 0.25) is 0 Å². The number of benzene rings is 1. The lowest BCUT2D eigenvalue weighted by Crippen LogP contribution is -1.79. The monoisotopic (exact) mass is 179 g/mol. The SMILES string of the molecule is C=Nc1cc2c(cc1O)SCC2. The van der Waals surface area contributed by atoms with Crippen LogP contribution in [0.3, 0.4) is 0 Å². The molecule has 0 unspecified atom stereocenters. The average molecular weight is 179 g/mol. The molecule has 0 atom stereocenters. The summed E-state index contributed by atoms with van der Waals surface area (Å²) < 4.78 is 0. The number of phenols is 1. The van der Waals surface area contributed by atoms with Crippen molar-refractivity contribution in [2.45, 2.75) is 11.3 Å². The standard InChI is InChI=1S/C9H9NOS/c1-10-7-4-6-2-3-12-9(6)5-8(7)11/h4-5,11H,1-3H2. The third kappa shape index (κ3) is 1.10. The molecule has 3 heteroatoms. The van der Waals surface area contributed by atoms with Gasteiger partial charge in [-0.15, -0.1) is 11.8 Å². The van der Waals surface area contributed by atoms with E-state index in [2.05, 4.69) is 11.7 Å². The maximum Gasteiger partial charge on any atom is 0.142 e. The van der Waals surface area contributed by atoms with Gasteiger partial charge in [0.2, 0.25) is 0 Å². The van der Waals surface area contributed by atoms with Crippen LogP contribution in [-0.2, 0) is 6.42 Å². The summed E-state index contributed by atoms with van der Waals surface area (Å²) in [6.07, 6.45) is 1.07. The number of thioether (sulfide) groups is 1. The van der Waals surface area contributed by atoms with Crippen LogP contribution in [0, 0.1) is 0 Å². The van der Waals surface area contributed by atoms with Crippen LogP contribution in [0.4, 0.5) is 5.69 Å². The lowest BCUT2D eigenvalue weighted by molar-refractivity contribution is 0.475. The number of hydrogen-bond donors (Lipinski definition) is 1. The highest BCUT2D eigenvalue weighted by atomic mass is 32.2. The fourth-order valence-electron chi connectivity index (χ4n) is 1.33. The molecule has 0 aromatic heterocycles. The molecule has 0 saturated heterocycles. The molecule has 1 aromatic carbocycles. The minimum atomic E-state index is 0.234. The molecule has 0 spiro atoms. The summed E-state index contributed by atoms with van der Waals surface area (Å²) in [5, 5.41) is 9.43. The van der Waals surface area contributed by atoms with Crippen molar-refractivity contribution in [1.29, 1.82) is 0 Å². The fourth-order valence-corrected chi connectivity index (χ4v) is 2.41. The number of rotatable bonds is 1. The number of fused-ring (bicyclic) bond motifs is 1. The highest BCUT2D eigenvalue weighted by Gasteiger charge is 2.13. The van der Waals surface area contributed by atoms with Crippen LogP contribution in [0.25, 0.3) is 0 Å². The Labute approximate surface area is 75.3 Å². The Balaban J connectivity index is 2.56. The molecule has 2 nitrogen and oxygen atoms in total. The van der Waals surface area contributed by atoms with E-state index in [1.165, 1.54) is 10.5 Å². The summed E-state index contributed by atoms with van der Waals surface area (Å²) in [5.41, 5.74) is 1.87. The van der Waals surface area contributed by atoms with Crippen LogP contribution in [0.1, 0.15) is 5.56 Å². The van der Waals surface area contributed by atoms with Crippen molar-refractivity contribution in [1.82, 2.24) is 0 Å². The van der Waals surface area contributed by atoms with E-state index < -0.39 is 0 Å². The Hall–Kier alpha value is -0.960. The molecule has 0 radical (unpaired) electrons. The topological polar surface area (TPSA) is 32.6 Å². The van der Waals surface area contributed by atoms with Crippen molar-refractivity contribution >= 4 is 24.2 Å². The Morgan fingerprint density at radius 2 is 2.33 bits per heavy atom. The highest BCUT2D eigenvalue weighted by molar-refractivity contribution is 7.99. The van der Waals surface area contributed by atoms with E-state index in [4.69, 9.17) is 0 Å². The molecule has 1 heterocycles. The third-order valence-electron chi connectivity index (χ3n) is 1.96. The van der Waals surface area contributed by atoms with Gasteiger partial charge in [-0.1, -0.05) is 0 Å². The van der Waals surface area contributed by atoms with Gasteiger partial charge in [-0.25, -0.2) is 0 Å². The fraction of sp³-hybridized carbons (Fsp3) is 0.222. The van der Waals surface area contributed by atoms with Crippen LogP contribution in [0.15, 0.2) is 22.0 Å². The average Bonchev–Trinajstić information content (AvgIpc) is 2.49. The summed E-state index contributed by atoms with van der Waals surface area (Å²) in [5.74, 6) is 1.34. The third-order valence-corrected chi connectivity index (χ3v) is 3.06. The zero-order valence-electron chi connectivity index (χ0n) is 6.58. The van der Waals surface area contributed by atoms with Crippen molar-refractivity contribution in [2.75, 3.05) is 5.75 Å². The highest BCUT2D eigenvalue weighted by Crippen LogP contribution is 2.38. The van der Waals surface area contributed by atoms with Crippen molar-refractivity contribution in [3.63, 3.8) is 0 Å². The van der Waals surface area contributed by atoms with E-state index >= 15 is 0 Å². The van der Waals surface area contributed by atoms with Gasteiger partial charge in [0, 0.05) is 10.6 Å². The first-order chi connectivity index (χ1) is 5.81. The normalized spacial score (nSPS) is 14.3. The second-order valence-corrected chi connectivity index (χ2v) is 3.84. The second kappa shape index (κ2) is 2.83. The van der Waals surface area contributed by atoms with Crippen molar-refractivity contribution in [3.8, 4) is 5.75 Å². The van der Waals surface area contributed by atoms with E-state index in [1.807, 2.05) is 6.07 Å². The Morgan fingerprint density at radius 1 is 1.50 bits per heavy atom. The molecule has 2 rings (SSSR count). The molecule has 1 aliphatic heterocycles. The van der Waals surface area contributed by atoms with Gasteiger partial charge in [0.25, 0.3) is 0 Å². The van der Waals surface area contributed by atoms with E-state index in [0.717, 1.165) is 12.2 Å². The van der Waals surface area contributed by atoms with Crippen LogP contribution < -0.4 is 0 Å². The minimum Gasteiger partial charge on any atom is -0.506 e. The molecule has 62 valence electrons. The largest absolute Gasteiger partial charge is 0.506 e. The maximum absolute atomic E-state index is 9.43. The Morgan fingerprint density at radius 3 is 3.08 bits per heavy atom. The number of aliphatic imine (C=N–C) groups is 1. The first-order valence-electron chi connectivity index (χ1n) is 3.76. The van der Waals surface area contributed by atoms with E-state index in [-0.39, 0.29) is 5.75 Å². The molecule has 0 saturated carbocycles. The molecule has 0 fully saturated rings. The maximum atomic E-state index is 9.43. The lowest BCUT2D eigenvalue weighted by atomic mass is 10.1. The summed E-state index contributed by atoms with van der Waals surface area (Å²) >= 11 is 1.78. The van der Waals surface area contributed by atoms with E-state index in [1.54, 1.807) is 17.8 Å². The van der Waals surface area contributed by atoms with Crippen LogP contribution in [-0.4, -0.2) is 17.6 Å². The molecule has 1 aromatic rings. The van der Waals surface area contributed by atoms with Crippen LogP contribution >= 0.6 is 11.8 Å². The van der Waals surface area contributed by atoms with Gasteiger partial charge in [-0.3, -0.25) is 4.99 Å². The molecule has 1 N–H and O–H groups in total. The Bertz CT molecular complexity index is 336. The molecule has 0 bridgehead atoms. The second-order valence-electron chi connectivity index (χ2n) is 2.71. The van der Waals surface area contributed by atoms with Gasteiger partial charge in [0.15, 0.2) is 0 Å². The van der Waals surface area contributed by atoms with Gasteiger partial charge in [-0.05, 0) is 30.8 Å². The number of hydrogen-bond acceptors (Lipinski definition) is 3. The zero-order chi connectivity index (χ0) is 8.55. The zero-order valence-corrected chi connectivity index (χ0v) is 7.40. The molecular formula is C9H9NOS. The van der Waals surface area contributed by atoms with Gasteiger partial charge in [0.05, 0.1) is 0 Å². The van der Waals surface area contributed by atoms with Crippen molar-refractivity contribution in [3.05, 3.63) is 17.7 Å². The lowest BCUT2D eigenvalue weighted by Gasteiger charge is -2.01. The predicted molar refractivity (Wildman–Crippen MR) is 51.7 cm³/mol. The number of aryl methyl sites for hydroxylation is 1. The van der Waals surface area contributed by atoms with Gasteiger partial charge in [-0.2, -0.15) is 0 Å². The number of nitrogens with zero attached hydrogens (tertiary/aromatic N) is 1. The van der Waals surface area contributed by atoms with Gasteiger partial charge in [0.1, 0.15) is 11.4 Å². The smallest absolute Gasteiger partial charge is 0.142 e. The molecular weight excluding hydrogens is 170 g/mol. The summed E-state index contributed by atoms with van der Waals surface area (Å²) in [6, 6.07) is 3.69. The van der Waals surface area contributed by atoms with Crippen molar-refractivity contribution in [2.24, 2.45) is 4.99 Å². The van der Waals surface area contributed by atoms with Gasteiger partial charge >= 0.3 is 0 Å². The van der Waals surface area contributed by atoms with E-state index in [9.17, 15) is 5.11 Å². The Kier molecular flexibility index (Phi) is 1.81. The summed E-state index contributed by atoms with van der Waals surface area (Å²) in [6.45, 7) is 3.40. The molecule has 1 aliphatic rings. The summed E-state index contributed by atoms with van der Waals surface area (Å²) in [7, 11) is 0. The molecule has 0 aliphatic carbocycles. The summed E-state index contributed by atoms with van der Waals surface area (Å²) in [4.78, 5) is 4.92. The number of aromatic hydroxyl groups is 1. The predicted octanol–water partition coefficient (Wildman–Crippen LogP) is 2.37. The van der Waals surface area contributed by atoms with E-state index in [0.29, 0.717) is 5.69 Å². The number of phenolic OH excluding ortho intramolecular Hbond substituents is 1. The first kappa shape index (κ1) is 7.68. The molecule has 0 amide bonds.